The lowest BCUT2D eigenvalue weighted by Crippen LogP contribution is -2.07. The summed E-state index contributed by atoms with van der Waals surface area (Å²) < 4.78 is 19.7. The molecule has 0 amide bonds. The molecule has 8 aromatic carbocycles. The highest BCUT2D eigenvalue weighted by Crippen LogP contribution is 2.55. The van der Waals surface area contributed by atoms with Crippen LogP contribution in [0.5, 0.6) is 11.5 Å². The molecule has 3 heteroatoms. The average molecular weight is 613 g/mol. The van der Waals surface area contributed by atoms with E-state index in [0.29, 0.717) is 0 Å². The summed E-state index contributed by atoms with van der Waals surface area (Å²) in [7, 11) is 0. The van der Waals surface area contributed by atoms with Crippen LogP contribution in [0.1, 0.15) is 11.1 Å². The summed E-state index contributed by atoms with van der Waals surface area (Å²) in [6.07, 6.45) is 0.863. The molecule has 2 aromatic heterocycles. The number of hydrogen-bond donors (Lipinski definition) is 0. The van der Waals surface area contributed by atoms with Crippen molar-refractivity contribution in [3.63, 3.8) is 0 Å². The van der Waals surface area contributed by atoms with Gasteiger partial charge in [0.25, 0.3) is 0 Å². The first-order chi connectivity index (χ1) is 23.8. The summed E-state index contributed by atoms with van der Waals surface area (Å²) in [4.78, 5) is 0. The van der Waals surface area contributed by atoms with Crippen LogP contribution in [0.4, 0.5) is 0 Å². The second-order valence-corrected chi connectivity index (χ2v) is 13.2. The van der Waals surface area contributed by atoms with Crippen LogP contribution in [0.2, 0.25) is 0 Å². The van der Waals surface area contributed by atoms with Gasteiger partial charge in [0.2, 0.25) is 0 Å². The topological polar surface area (TPSA) is 35.5 Å². The first-order valence-corrected chi connectivity index (χ1v) is 16.5. The van der Waals surface area contributed by atoms with Gasteiger partial charge in [0.05, 0.1) is 0 Å². The minimum Gasteiger partial charge on any atom is -0.456 e. The molecule has 0 spiro atoms. The molecular formula is C45H24O3. The van der Waals surface area contributed by atoms with Crippen LogP contribution in [0.25, 0.3) is 98.8 Å². The molecule has 0 N–H and O–H groups in total. The van der Waals surface area contributed by atoms with E-state index < -0.39 is 0 Å². The van der Waals surface area contributed by atoms with Crippen LogP contribution in [0.15, 0.2) is 142 Å². The maximum absolute atomic E-state index is 6.83. The van der Waals surface area contributed by atoms with E-state index in [1.54, 1.807) is 0 Å². The van der Waals surface area contributed by atoms with Gasteiger partial charge in [0, 0.05) is 49.2 Å². The lowest BCUT2D eigenvalue weighted by Gasteiger charge is -2.30. The predicted octanol–water partition coefficient (Wildman–Crippen LogP) is 12.8. The molecule has 1 aliphatic carbocycles. The minimum atomic E-state index is 0.863. The molecule has 0 unspecified atom stereocenters. The Morgan fingerprint density at radius 1 is 0.417 bits per heavy atom. The van der Waals surface area contributed by atoms with E-state index >= 15 is 0 Å². The van der Waals surface area contributed by atoms with Crippen molar-refractivity contribution in [3.05, 3.63) is 145 Å². The Morgan fingerprint density at radius 2 is 1.02 bits per heavy atom. The quantitative estimate of drug-likeness (QED) is 0.195. The molecule has 0 fully saturated rings. The molecule has 0 saturated carbocycles. The smallest absolute Gasteiger partial charge is 0.143 e. The molecule has 3 nitrogen and oxygen atoms in total. The third kappa shape index (κ3) is 3.13. The van der Waals surface area contributed by atoms with Crippen molar-refractivity contribution in [2.24, 2.45) is 0 Å². The maximum atomic E-state index is 6.83. The van der Waals surface area contributed by atoms with Gasteiger partial charge in [-0.05, 0) is 81.2 Å². The summed E-state index contributed by atoms with van der Waals surface area (Å²) >= 11 is 0. The molecule has 0 atom stereocenters. The van der Waals surface area contributed by atoms with Crippen molar-refractivity contribution in [2.75, 3.05) is 0 Å². The Bertz CT molecular complexity index is 2850. The normalized spacial score (nSPS) is 13.1. The number of furan rings is 2. The highest BCUT2D eigenvalue weighted by atomic mass is 16.5. The summed E-state index contributed by atoms with van der Waals surface area (Å²) in [6.45, 7) is 0. The first kappa shape index (κ1) is 24.9. The molecule has 2 aliphatic rings. The van der Waals surface area contributed by atoms with Crippen LogP contribution < -0.4 is 4.74 Å². The van der Waals surface area contributed by atoms with Gasteiger partial charge < -0.3 is 13.6 Å². The summed E-state index contributed by atoms with van der Waals surface area (Å²) in [5.74, 6) is 1.81. The van der Waals surface area contributed by atoms with Gasteiger partial charge in [0.15, 0.2) is 0 Å². The second kappa shape index (κ2) is 8.72. The predicted molar refractivity (Wildman–Crippen MR) is 195 cm³/mol. The van der Waals surface area contributed by atoms with Gasteiger partial charge in [0.1, 0.15) is 33.8 Å². The van der Waals surface area contributed by atoms with E-state index in [1.807, 2.05) is 24.3 Å². The summed E-state index contributed by atoms with van der Waals surface area (Å²) in [5.41, 5.74) is 13.3. The van der Waals surface area contributed by atoms with Crippen molar-refractivity contribution < 1.29 is 13.6 Å². The standard InChI is InChI=1S/C45H24O3/c1-3-13-36-32(7-1)34-11-5-9-30(44(34)47-36)27-19-24-17-18-38-43-40(24)29(22-27)21-26-16-15-25-20-28(23-39(46-38)41(25)42(26)43)31-10-6-12-35-33-8-2-4-14-37(33)48-45(31)35/h1-20,22-23H,21H2. The van der Waals surface area contributed by atoms with Crippen LogP contribution in [0.3, 0.4) is 0 Å². The molecule has 3 heterocycles. The molecule has 10 aromatic rings. The molecule has 0 radical (unpaired) electrons. The molecular weight excluding hydrogens is 588 g/mol. The number of fused-ring (bicyclic) bond motifs is 6. The van der Waals surface area contributed by atoms with Gasteiger partial charge in [-0.2, -0.15) is 0 Å². The molecule has 12 rings (SSSR count). The first-order valence-electron chi connectivity index (χ1n) is 16.5. The van der Waals surface area contributed by atoms with Crippen LogP contribution in [-0.2, 0) is 6.42 Å². The zero-order chi connectivity index (χ0) is 31.1. The fourth-order valence-electron chi connectivity index (χ4n) is 8.57. The summed E-state index contributed by atoms with van der Waals surface area (Å²) in [6, 6.07) is 47.6. The zero-order valence-electron chi connectivity index (χ0n) is 25.6. The van der Waals surface area contributed by atoms with Crippen molar-refractivity contribution in [2.45, 2.75) is 6.42 Å². The second-order valence-electron chi connectivity index (χ2n) is 13.2. The van der Waals surface area contributed by atoms with Gasteiger partial charge in [-0.3, -0.25) is 0 Å². The number of rotatable bonds is 2. The van der Waals surface area contributed by atoms with E-state index in [1.165, 1.54) is 49.4 Å². The molecule has 1 aliphatic heterocycles. The van der Waals surface area contributed by atoms with Crippen molar-refractivity contribution in [3.8, 4) is 44.9 Å². The fourth-order valence-corrected chi connectivity index (χ4v) is 8.57. The van der Waals surface area contributed by atoms with E-state index in [0.717, 1.165) is 78.5 Å². The van der Waals surface area contributed by atoms with E-state index in [2.05, 4.69) is 109 Å². The maximum Gasteiger partial charge on any atom is 0.143 e. The molecule has 48 heavy (non-hydrogen) atoms. The number of hydrogen-bond acceptors (Lipinski definition) is 3. The fraction of sp³-hybridized carbons (Fsp3) is 0.0222. The van der Waals surface area contributed by atoms with Gasteiger partial charge in [-0.1, -0.05) is 97.1 Å². The third-order valence-electron chi connectivity index (χ3n) is 10.6. The van der Waals surface area contributed by atoms with Crippen LogP contribution >= 0.6 is 0 Å². The SMILES string of the molecule is c1ccc2c(c1)oc1c(-c3cc4c5c6c(ccc5c3)Oc3cc(-c5cccc7c5oc5ccccc57)cc5ccc(c-6c35)C4)cccc12. The van der Waals surface area contributed by atoms with Crippen molar-refractivity contribution in [1.82, 2.24) is 0 Å². The van der Waals surface area contributed by atoms with Crippen LogP contribution in [0, 0.1) is 0 Å². The Labute approximate surface area is 274 Å². The lowest BCUT2D eigenvalue weighted by molar-refractivity contribution is 0.487. The Hall–Kier alpha value is -6.32. The Kier molecular flexibility index (Phi) is 4.52. The Balaban J connectivity index is 1.07. The van der Waals surface area contributed by atoms with Gasteiger partial charge >= 0.3 is 0 Å². The van der Waals surface area contributed by atoms with Crippen molar-refractivity contribution in [1.29, 1.82) is 0 Å². The minimum absolute atomic E-state index is 0.863. The van der Waals surface area contributed by atoms with E-state index in [-0.39, 0.29) is 0 Å². The largest absolute Gasteiger partial charge is 0.456 e. The summed E-state index contributed by atoms with van der Waals surface area (Å²) in [5, 5.41) is 9.43. The van der Waals surface area contributed by atoms with E-state index in [4.69, 9.17) is 13.6 Å². The van der Waals surface area contributed by atoms with Crippen molar-refractivity contribution >= 4 is 65.4 Å². The highest BCUT2D eigenvalue weighted by molar-refractivity contribution is 6.18. The monoisotopic (exact) mass is 612 g/mol. The molecule has 222 valence electrons. The molecule has 0 saturated heterocycles. The zero-order valence-corrected chi connectivity index (χ0v) is 25.6. The average Bonchev–Trinajstić information content (AvgIpc) is 3.71. The van der Waals surface area contributed by atoms with E-state index in [9.17, 15) is 0 Å². The Morgan fingerprint density at radius 3 is 1.73 bits per heavy atom. The molecule has 0 bridgehead atoms. The van der Waals surface area contributed by atoms with Gasteiger partial charge in [-0.25, -0.2) is 0 Å². The lowest BCUT2D eigenvalue weighted by atomic mass is 9.78. The third-order valence-corrected chi connectivity index (χ3v) is 10.6. The number of benzene rings is 8. The van der Waals surface area contributed by atoms with Crippen LogP contribution in [-0.4, -0.2) is 0 Å². The number of para-hydroxylation sites is 4. The number of ether oxygens (including phenoxy) is 1. The van der Waals surface area contributed by atoms with Gasteiger partial charge in [-0.15, -0.1) is 0 Å². The highest BCUT2D eigenvalue weighted by Gasteiger charge is 2.30.